The quantitative estimate of drug-likeness (QED) is 0.0321. The van der Waals surface area contributed by atoms with Crippen LogP contribution in [0.2, 0.25) is 0 Å². The molecular weight excluding hydrogens is 827 g/mol. The van der Waals surface area contributed by atoms with Crippen LogP contribution in [0.1, 0.15) is 265 Å². The summed E-state index contributed by atoms with van der Waals surface area (Å²) in [6.45, 7) is 6.39. The van der Waals surface area contributed by atoms with E-state index >= 15 is 0 Å². The van der Waals surface area contributed by atoms with Crippen LogP contribution in [-0.2, 0) is 14.3 Å². The second-order valence-corrected chi connectivity index (χ2v) is 19.1. The van der Waals surface area contributed by atoms with E-state index in [4.69, 9.17) is 4.74 Å². The standard InChI is InChI=1S/C61H107NO5/c1-4-7-10-13-16-19-22-25-28-30-31-33-36-39-42-45-48-51-54-61(66)67-57(52-49-46-43-40-37-34-32-29-26-23-20-17-14-11-8-5-2)55-60(65)62-58(56-63)59(64)53-50-47-44-41-38-35-27-24-21-18-15-12-9-6-3/h11,14,17,20,23,26,28-34,37,57-59,63-64H,4-10,12-13,15-16,18-19,21-22,24-25,27,35-36,38-56H2,1-3H3,(H,62,65)/b14-11+,20-17+,26-23+,30-28+,32-29+,33-31+,37-34+. The molecule has 0 bridgehead atoms. The highest BCUT2D eigenvalue weighted by Gasteiger charge is 2.24. The first kappa shape index (κ1) is 64.0. The van der Waals surface area contributed by atoms with Crippen LogP contribution in [0.5, 0.6) is 0 Å². The maximum atomic E-state index is 13.3. The molecule has 6 heteroatoms. The Labute approximate surface area is 414 Å². The molecule has 3 unspecified atom stereocenters. The van der Waals surface area contributed by atoms with Gasteiger partial charge in [-0.3, -0.25) is 9.59 Å². The number of esters is 1. The van der Waals surface area contributed by atoms with E-state index in [0.717, 1.165) is 89.9 Å². The fourth-order valence-electron chi connectivity index (χ4n) is 8.28. The topological polar surface area (TPSA) is 95.9 Å². The second-order valence-electron chi connectivity index (χ2n) is 19.1. The molecule has 0 aliphatic carbocycles. The molecule has 0 aliphatic rings. The molecule has 67 heavy (non-hydrogen) atoms. The van der Waals surface area contributed by atoms with E-state index < -0.39 is 18.2 Å². The van der Waals surface area contributed by atoms with Crippen LogP contribution in [0.3, 0.4) is 0 Å². The molecule has 0 radical (unpaired) electrons. The van der Waals surface area contributed by atoms with Gasteiger partial charge in [0.05, 0.1) is 25.2 Å². The number of hydrogen-bond acceptors (Lipinski definition) is 5. The van der Waals surface area contributed by atoms with Gasteiger partial charge in [0, 0.05) is 6.42 Å². The maximum Gasteiger partial charge on any atom is 0.306 e. The third-order valence-corrected chi connectivity index (χ3v) is 12.6. The molecule has 0 aliphatic heterocycles. The Hall–Kier alpha value is -2.96. The molecule has 0 rings (SSSR count). The predicted octanol–water partition coefficient (Wildman–Crippen LogP) is 17.5. The molecule has 6 nitrogen and oxygen atoms in total. The van der Waals surface area contributed by atoms with Crippen LogP contribution in [-0.4, -0.2) is 46.9 Å². The average molecular weight is 935 g/mol. The van der Waals surface area contributed by atoms with Crippen molar-refractivity contribution in [2.24, 2.45) is 0 Å². The Balaban J connectivity index is 4.69. The largest absolute Gasteiger partial charge is 0.462 e. The first-order valence-corrected chi connectivity index (χ1v) is 28.4. The number of nitrogens with one attached hydrogen (secondary N) is 1. The van der Waals surface area contributed by atoms with Crippen LogP contribution >= 0.6 is 0 Å². The van der Waals surface area contributed by atoms with Gasteiger partial charge >= 0.3 is 5.97 Å². The molecule has 3 N–H and O–H groups in total. The summed E-state index contributed by atoms with van der Waals surface area (Å²) in [5, 5.41) is 23.8. The third kappa shape index (κ3) is 49.3. The number of unbranched alkanes of at least 4 members (excludes halogenated alkanes) is 29. The van der Waals surface area contributed by atoms with Crippen molar-refractivity contribution in [2.75, 3.05) is 6.61 Å². The minimum absolute atomic E-state index is 0.0398. The van der Waals surface area contributed by atoms with E-state index in [0.29, 0.717) is 19.3 Å². The molecular formula is C61H107NO5. The highest BCUT2D eigenvalue weighted by Crippen LogP contribution is 2.18. The van der Waals surface area contributed by atoms with Crippen molar-refractivity contribution in [1.29, 1.82) is 0 Å². The lowest BCUT2D eigenvalue weighted by Gasteiger charge is -2.24. The van der Waals surface area contributed by atoms with E-state index in [9.17, 15) is 19.8 Å². The maximum absolute atomic E-state index is 13.3. The summed E-state index contributed by atoms with van der Waals surface area (Å²) in [5.74, 6) is -0.533. The highest BCUT2D eigenvalue weighted by atomic mass is 16.5. The van der Waals surface area contributed by atoms with Gasteiger partial charge in [0.1, 0.15) is 6.10 Å². The smallest absolute Gasteiger partial charge is 0.306 e. The highest BCUT2D eigenvalue weighted by molar-refractivity contribution is 5.77. The van der Waals surface area contributed by atoms with Gasteiger partial charge in [0.15, 0.2) is 0 Å². The first-order chi connectivity index (χ1) is 33.0. The number of aliphatic hydroxyl groups excluding tert-OH is 2. The molecule has 0 saturated carbocycles. The summed E-state index contributed by atoms with van der Waals surface area (Å²) in [5.41, 5.74) is 0. The lowest BCUT2D eigenvalue weighted by atomic mass is 10.0. The third-order valence-electron chi connectivity index (χ3n) is 12.6. The van der Waals surface area contributed by atoms with Gasteiger partial charge in [-0.2, -0.15) is 0 Å². The Morgan fingerprint density at radius 1 is 0.433 bits per heavy atom. The number of amides is 1. The summed E-state index contributed by atoms with van der Waals surface area (Å²) in [6.07, 6.45) is 70.7. The molecule has 3 atom stereocenters. The van der Waals surface area contributed by atoms with Gasteiger partial charge in [-0.1, -0.05) is 266 Å². The van der Waals surface area contributed by atoms with Crippen LogP contribution in [0, 0.1) is 0 Å². The number of aliphatic hydroxyl groups is 2. The Morgan fingerprint density at radius 2 is 0.791 bits per heavy atom. The van der Waals surface area contributed by atoms with Crippen LogP contribution < -0.4 is 5.32 Å². The van der Waals surface area contributed by atoms with Crippen LogP contribution in [0.15, 0.2) is 85.1 Å². The Morgan fingerprint density at radius 3 is 1.24 bits per heavy atom. The zero-order chi connectivity index (χ0) is 48.8. The number of hydrogen-bond donors (Lipinski definition) is 3. The van der Waals surface area contributed by atoms with Crippen molar-refractivity contribution >= 4 is 11.9 Å². The van der Waals surface area contributed by atoms with Crippen LogP contribution in [0.25, 0.3) is 0 Å². The summed E-state index contributed by atoms with van der Waals surface area (Å²) < 4.78 is 5.93. The van der Waals surface area contributed by atoms with Gasteiger partial charge < -0.3 is 20.3 Å². The fourth-order valence-corrected chi connectivity index (χ4v) is 8.28. The van der Waals surface area contributed by atoms with E-state index in [1.165, 1.54) is 128 Å². The molecule has 0 fully saturated rings. The van der Waals surface area contributed by atoms with Gasteiger partial charge in [0.25, 0.3) is 0 Å². The van der Waals surface area contributed by atoms with E-state index in [1.807, 2.05) is 36.5 Å². The summed E-state index contributed by atoms with van der Waals surface area (Å²) >= 11 is 0. The van der Waals surface area contributed by atoms with Gasteiger partial charge in [-0.15, -0.1) is 0 Å². The lowest BCUT2D eigenvalue weighted by molar-refractivity contribution is -0.151. The fraction of sp³-hybridized carbons (Fsp3) is 0.738. The minimum Gasteiger partial charge on any atom is -0.462 e. The van der Waals surface area contributed by atoms with E-state index in [2.05, 4.69) is 74.7 Å². The molecule has 0 spiro atoms. The lowest BCUT2D eigenvalue weighted by Crippen LogP contribution is -2.46. The number of carbonyl (C=O) groups is 2. The van der Waals surface area contributed by atoms with Gasteiger partial charge in [-0.05, 0) is 70.6 Å². The Bertz CT molecular complexity index is 1280. The van der Waals surface area contributed by atoms with Crippen molar-refractivity contribution in [1.82, 2.24) is 5.32 Å². The molecule has 0 aromatic heterocycles. The zero-order valence-electron chi connectivity index (χ0n) is 44.0. The molecule has 1 amide bonds. The van der Waals surface area contributed by atoms with Crippen molar-refractivity contribution in [2.45, 2.75) is 283 Å². The van der Waals surface area contributed by atoms with Crippen molar-refractivity contribution < 1.29 is 24.5 Å². The molecule has 0 aromatic carbocycles. The van der Waals surface area contributed by atoms with Gasteiger partial charge in [0.2, 0.25) is 5.91 Å². The first-order valence-electron chi connectivity index (χ1n) is 28.4. The second kappa shape index (κ2) is 54.0. The van der Waals surface area contributed by atoms with E-state index in [-0.39, 0.29) is 24.9 Å². The SMILES string of the molecule is CCC/C=C/C=C/C=C/C=C/C=C/CCCCCC(CC(=O)NC(CO)C(O)CCCCCCCCCCCCCCCC)OC(=O)CCCCCCC/C=C/C=C/CCCCCCCCC. The zero-order valence-corrected chi connectivity index (χ0v) is 44.0. The van der Waals surface area contributed by atoms with Crippen molar-refractivity contribution in [3.8, 4) is 0 Å². The Kier molecular flexibility index (Phi) is 51.6. The van der Waals surface area contributed by atoms with Crippen molar-refractivity contribution in [3.05, 3.63) is 85.1 Å². The predicted molar refractivity (Wildman–Crippen MR) is 291 cm³/mol. The number of allylic oxidation sites excluding steroid dienone is 14. The summed E-state index contributed by atoms with van der Waals surface area (Å²) in [6, 6.07) is -0.724. The van der Waals surface area contributed by atoms with Gasteiger partial charge in [-0.25, -0.2) is 0 Å². The van der Waals surface area contributed by atoms with E-state index in [1.54, 1.807) is 0 Å². The molecule has 0 heterocycles. The molecule has 386 valence electrons. The summed E-state index contributed by atoms with van der Waals surface area (Å²) in [7, 11) is 0. The van der Waals surface area contributed by atoms with Crippen molar-refractivity contribution in [3.63, 3.8) is 0 Å². The normalized spacial score (nSPS) is 13.8. The van der Waals surface area contributed by atoms with Crippen LogP contribution in [0.4, 0.5) is 0 Å². The minimum atomic E-state index is -0.807. The summed E-state index contributed by atoms with van der Waals surface area (Å²) in [4.78, 5) is 26.3. The molecule has 0 saturated heterocycles. The monoisotopic (exact) mass is 934 g/mol. The average Bonchev–Trinajstić information content (AvgIpc) is 3.32. The molecule has 0 aromatic rings. The number of rotatable bonds is 50. The number of ether oxygens (including phenoxy) is 1. The number of carbonyl (C=O) groups excluding carboxylic acids is 2.